The van der Waals surface area contributed by atoms with Crippen LogP contribution >= 0.6 is 0 Å². The summed E-state index contributed by atoms with van der Waals surface area (Å²) in [7, 11) is 0. The Balaban J connectivity index is 2.66. The van der Waals surface area contributed by atoms with Crippen LogP contribution in [-0.2, 0) is 15.0 Å². The lowest BCUT2D eigenvalue weighted by molar-refractivity contribution is -0.148. The van der Waals surface area contributed by atoms with E-state index in [1.54, 1.807) is 13.8 Å². The third-order valence-electron chi connectivity index (χ3n) is 3.25. The van der Waals surface area contributed by atoms with Crippen LogP contribution in [-0.4, -0.2) is 28.5 Å². The quantitative estimate of drug-likeness (QED) is 0.686. The predicted octanol–water partition coefficient (Wildman–Crippen LogP) is 1.77. The van der Waals surface area contributed by atoms with E-state index in [2.05, 4.69) is 10.3 Å². The van der Waals surface area contributed by atoms with Gasteiger partial charge >= 0.3 is 5.97 Å². The van der Waals surface area contributed by atoms with Crippen LogP contribution in [0.1, 0.15) is 33.4 Å². The molecule has 1 aromatic heterocycles. The lowest BCUT2D eigenvalue weighted by atomic mass is 9.88. The van der Waals surface area contributed by atoms with Gasteiger partial charge in [0, 0.05) is 23.9 Å². The summed E-state index contributed by atoms with van der Waals surface area (Å²) in [6.45, 7) is 7.83. The number of carboxylic acids is 1. The summed E-state index contributed by atoms with van der Waals surface area (Å²) in [5.41, 5.74) is 0.739. The second-order valence-electron chi connectivity index (χ2n) is 5.75. The Hall–Kier alpha value is -1.78. The smallest absolute Gasteiger partial charge is 0.316 e. The third kappa shape index (κ3) is 3.84. The molecular weight excluding hydrogens is 244 g/mol. The van der Waals surface area contributed by atoms with Crippen LogP contribution in [0.3, 0.4) is 0 Å². The Kier molecular flexibility index (Phi) is 4.75. The van der Waals surface area contributed by atoms with Crippen LogP contribution in [0.2, 0.25) is 0 Å². The molecule has 0 radical (unpaired) electrons. The molecule has 5 heteroatoms. The van der Waals surface area contributed by atoms with Crippen molar-refractivity contribution < 1.29 is 14.7 Å². The summed E-state index contributed by atoms with van der Waals surface area (Å²) in [5.74, 6) is -2.74. The van der Waals surface area contributed by atoms with E-state index in [0.717, 1.165) is 5.69 Å². The monoisotopic (exact) mass is 266 g/mol. The molecule has 0 saturated heterocycles. The fourth-order valence-electron chi connectivity index (χ4n) is 1.96. The Morgan fingerprint density at radius 1 is 1.42 bits per heavy atom. The summed E-state index contributed by atoms with van der Waals surface area (Å²) in [6.07, 6.45) is 1.83. The van der Waals surface area contributed by atoms with Crippen molar-refractivity contribution in [2.75, 3.05) is 6.54 Å². The summed E-state index contributed by atoms with van der Waals surface area (Å²) < 4.78 is 0. The molecule has 0 saturated carbocycles. The predicted molar refractivity (Wildman–Crippen MR) is 72.8 cm³/mol. The number of carbonyl (C=O) groups excluding carboxylic acids is 1. The molecule has 1 unspecified atom stereocenters. The largest absolute Gasteiger partial charge is 0.481 e. The number of nitrogens with one attached hydrogen (secondary N) is 2. The number of aromatic nitrogens is 1. The molecule has 0 aromatic carbocycles. The number of aromatic amines is 1. The minimum absolute atomic E-state index is 0.230. The number of aliphatic carboxylic acids is 1. The number of H-pyrrole nitrogens is 1. The number of hydrogen-bond acceptors (Lipinski definition) is 2. The molecule has 0 bridgehead atoms. The molecule has 1 rings (SSSR count). The maximum atomic E-state index is 11.9. The van der Waals surface area contributed by atoms with Gasteiger partial charge in [-0.25, -0.2) is 0 Å². The van der Waals surface area contributed by atoms with Gasteiger partial charge in [0.05, 0.1) is 0 Å². The Morgan fingerprint density at radius 3 is 2.47 bits per heavy atom. The van der Waals surface area contributed by atoms with Gasteiger partial charge in [0.15, 0.2) is 0 Å². The number of carboxylic acid groups (broad SMARTS) is 1. The highest BCUT2D eigenvalue weighted by molar-refractivity contribution is 5.97. The molecule has 1 heterocycles. The van der Waals surface area contributed by atoms with Crippen molar-refractivity contribution >= 4 is 11.9 Å². The molecule has 0 aliphatic heterocycles. The molecule has 0 spiro atoms. The van der Waals surface area contributed by atoms with Crippen LogP contribution in [0, 0.1) is 11.8 Å². The maximum Gasteiger partial charge on any atom is 0.316 e. The first kappa shape index (κ1) is 15.3. The van der Waals surface area contributed by atoms with E-state index in [0.29, 0.717) is 6.54 Å². The molecule has 1 aromatic rings. The van der Waals surface area contributed by atoms with Crippen LogP contribution in [0.25, 0.3) is 0 Å². The van der Waals surface area contributed by atoms with Crippen LogP contribution < -0.4 is 5.32 Å². The van der Waals surface area contributed by atoms with Gasteiger partial charge in [-0.15, -0.1) is 0 Å². The molecule has 5 nitrogen and oxygen atoms in total. The van der Waals surface area contributed by atoms with E-state index >= 15 is 0 Å². The van der Waals surface area contributed by atoms with Crippen molar-refractivity contribution in [1.82, 2.24) is 10.3 Å². The Morgan fingerprint density at radius 2 is 2.05 bits per heavy atom. The van der Waals surface area contributed by atoms with E-state index in [9.17, 15) is 9.59 Å². The second-order valence-corrected chi connectivity index (χ2v) is 5.75. The van der Waals surface area contributed by atoms with Gasteiger partial charge in [0.1, 0.15) is 5.92 Å². The molecule has 1 atom stereocenters. The molecular formula is C14H22N2O3. The zero-order valence-electron chi connectivity index (χ0n) is 11.9. The minimum atomic E-state index is -1.08. The minimum Gasteiger partial charge on any atom is -0.481 e. The number of amides is 1. The zero-order valence-corrected chi connectivity index (χ0v) is 11.9. The van der Waals surface area contributed by atoms with Gasteiger partial charge in [-0.3, -0.25) is 9.59 Å². The highest BCUT2D eigenvalue weighted by atomic mass is 16.4. The Bertz CT molecular complexity index is 436. The lowest BCUT2D eigenvalue weighted by Gasteiger charge is -2.25. The van der Waals surface area contributed by atoms with Gasteiger partial charge in [-0.1, -0.05) is 27.7 Å². The maximum absolute atomic E-state index is 11.9. The number of hydrogen-bond donors (Lipinski definition) is 3. The summed E-state index contributed by atoms with van der Waals surface area (Å²) in [5, 5.41) is 11.8. The van der Waals surface area contributed by atoms with Crippen molar-refractivity contribution in [3.63, 3.8) is 0 Å². The van der Waals surface area contributed by atoms with Gasteiger partial charge in [0.25, 0.3) is 0 Å². The fourth-order valence-corrected chi connectivity index (χ4v) is 1.96. The second kappa shape index (κ2) is 5.91. The van der Waals surface area contributed by atoms with Gasteiger partial charge in [-0.05, 0) is 18.1 Å². The summed E-state index contributed by atoms with van der Waals surface area (Å²) >= 11 is 0. The first-order valence-corrected chi connectivity index (χ1v) is 6.40. The Labute approximate surface area is 113 Å². The average Bonchev–Trinajstić information content (AvgIpc) is 2.79. The molecule has 0 aliphatic carbocycles. The van der Waals surface area contributed by atoms with Gasteiger partial charge in [0.2, 0.25) is 5.91 Å². The molecule has 0 aliphatic rings. The SMILES string of the molecule is CC(C)C(C(=O)O)C(=O)NCC(C)(C)c1ccc[nH]1. The van der Waals surface area contributed by atoms with Gasteiger partial charge in [-0.2, -0.15) is 0 Å². The van der Waals surface area contributed by atoms with Crippen LogP contribution in [0.15, 0.2) is 18.3 Å². The van der Waals surface area contributed by atoms with Crippen LogP contribution in [0.4, 0.5) is 0 Å². The highest BCUT2D eigenvalue weighted by Crippen LogP contribution is 2.20. The van der Waals surface area contributed by atoms with Gasteiger partial charge < -0.3 is 15.4 Å². The first-order valence-electron chi connectivity index (χ1n) is 6.40. The average molecular weight is 266 g/mol. The molecule has 106 valence electrons. The van der Waals surface area contributed by atoms with Crippen molar-refractivity contribution in [2.24, 2.45) is 11.8 Å². The van der Waals surface area contributed by atoms with E-state index in [4.69, 9.17) is 5.11 Å². The fraction of sp³-hybridized carbons (Fsp3) is 0.571. The van der Waals surface area contributed by atoms with E-state index in [1.807, 2.05) is 32.2 Å². The lowest BCUT2D eigenvalue weighted by Crippen LogP contribution is -2.43. The third-order valence-corrected chi connectivity index (χ3v) is 3.25. The summed E-state index contributed by atoms with van der Waals surface area (Å²) in [6, 6.07) is 3.84. The molecule has 3 N–H and O–H groups in total. The molecule has 0 fully saturated rings. The van der Waals surface area contributed by atoms with E-state index in [-0.39, 0.29) is 11.3 Å². The van der Waals surface area contributed by atoms with Crippen molar-refractivity contribution in [3.05, 3.63) is 24.0 Å². The van der Waals surface area contributed by atoms with Crippen molar-refractivity contribution in [3.8, 4) is 0 Å². The van der Waals surface area contributed by atoms with Crippen molar-refractivity contribution in [1.29, 1.82) is 0 Å². The van der Waals surface area contributed by atoms with Crippen LogP contribution in [0.5, 0.6) is 0 Å². The molecule has 1 amide bonds. The normalized spacial score (nSPS) is 13.3. The highest BCUT2D eigenvalue weighted by Gasteiger charge is 2.31. The summed E-state index contributed by atoms with van der Waals surface area (Å²) in [4.78, 5) is 26.1. The van der Waals surface area contributed by atoms with E-state index in [1.165, 1.54) is 0 Å². The zero-order chi connectivity index (χ0) is 14.6. The topological polar surface area (TPSA) is 82.2 Å². The molecule has 19 heavy (non-hydrogen) atoms. The first-order chi connectivity index (χ1) is 8.75. The van der Waals surface area contributed by atoms with E-state index < -0.39 is 17.8 Å². The van der Waals surface area contributed by atoms with Crippen molar-refractivity contribution in [2.45, 2.75) is 33.1 Å². The number of rotatable bonds is 6. The number of carbonyl (C=O) groups is 2. The standard InChI is InChI=1S/C14H22N2O3/c1-9(2)11(13(18)19)12(17)16-8-14(3,4)10-6-5-7-15-10/h5-7,9,11,15H,8H2,1-4H3,(H,16,17)(H,18,19).